The number of allylic oxidation sites excluding steroid dienone is 2. The summed E-state index contributed by atoms with van der Waals surface area (Å²) < 4.78 is 0. The molecule has 0 spiro atoms. The van der Waals surface area contributed by atoms with Gasteiger partial charge in [-0.2, -0.15) is 0 Å². The first-order valence-corrected chi connectivity index (χ1v) is 9.06. The van der Waals surface area contributed by atoms with E-state index in [1.807, 2.05) is 0 Å². The minimum atomic E-state index is -0.0497. The zero-order valence-electron chi connectivity index (χ0n) is 14.7. The van der Waals surface area contributed by atoms with Crippen LogP contribution in [0.3, 0.4) is 0 Å². The van der Waals surface area contributed by atoms with Gasteiger partial charge in [-0.1, -0.05) is 105 Å². The average Bonchev–Trinajstić information content (AvgIpc) is 2.62. The molecule has 0 heteroatoms. The van der Waals surface area contributed by atoms with E-state index in [1.165, 1.54) is 49.7 Å². The van der Waals surface area contributed by atoms with Gasteiger partial charge in [0.15, 0.2) is 0 Å². The van der Waals surface area contributed by atoms with Crippen LogP contribution >= 0.6 is 0 Å². The molecule has 0 aromatic heterocycles. The van der Waals surface area contributed by atoms with Crippen molar-refractivity contribution < 1.29 is 0 Å². The second-order valence-electron chi connectivity index (χ2n) is 6.54. The van der Waals surface area contributed by atoms with Crippen LogP contribution in [-0.2, 0) is 5.41 Å². The standard InChI is InChI=1S/C23H30/c1-3-4-5-6-7-8-15-20-23(2,21-16-11-9-12-17-21)22-18-13-10-14-19-22/h9-20H,3-8H2,1-2H3. The van der Waals surface area contributed by atoms with Crippen molar-refractivity contribution in [2.75, 3.05) is 0 Å². The fourth-order valence-electron chi connectivity index (χ4n) is 3.11. The third kappa shape index (κ3) is 5.10. The Labute approximate surface area is 142 Å². The van der Waals surface area contributed by atoms with Gasteiger partial charge >= 0.3 is 0 Å². The first kappa shape index (κ1) is 17.5. The maximum Gasteiger partial charge on any atom is 0.0353 e. The lowest BCUT2D eigenvalue weighted by Crippen LogP contribution is -2.20. The summed E-state index contributed by atoms with van der Waals surface area (Å²) in [5, 5.41) is 0. The third-order valence-corrected chi connectivity index (χ3v) is 4.67. The summed E-state index contributed by atoms with van der Waals surface area (Å²) in [5.74, 6) is 0. The minimum absolute atomic E-state index is 0.0497. The lowest BCUT2D eigenvalue weighted by molar-refractivity contribution is 0.634. The van der Waals surface area contributed by atoms with E-state index in [0.717, 1.165) is 0 Å². The average molecular weight is 306 g/mol. The van der Waals surface area contributed by atoms with Crippen LogP contribution in [0.4, 0.5) is 0 Å². The first-order valence-electron chi connectivity index (χ1n) is 9.06. The monoisotopic (exact) mass is 306 g/mol. The highest BCUT2D eigenvalue weighted by Crippen LogP contribution is 2.33. The lowest BCUT2D eigenvalue weighted by atomic mass is 9.76. The van der Waals surface area contributed by atoms with Crippen molar-refractivity contribution in [2.24, 2.45) is 0 Å². The first-order chi connectivity index (χ1) is 11.3. The summed E-state index contributed by atoms with van der Waals surface area (Å²) in [4.78, 5) is 0. The summed E-state index contributed by atoms with van der Waals surface area (Å²) in [7, 11) is 0. The molecule has 23 heavy (non-hydrogen) atoms. The Hall–Kier alpha value is -1.82. The molecular formula is C23H30. The molecule has 0 bridgehead atoms. The van der Waals surface area contributed by atoms with Crippen molar-refractivity contribution in [3.05, 3.63) is 83.9 Å². The number of hydrogen-bond acceptors (Lipinski definition) is 0. The molecule has 0 nitrogen and oxygen atoms in total. The molecule has 0 N–H and O–H groups in total. The largest absolute Gasteiger partial charge is 0.0873 e. The van der Waals surface area contributed by atoms with Crippen molar-refractivity contribution in [3.8, 4) is 0 Å². The zero-order valence-corrected chi connectivity index (χ0v) is 14.7. The Morgan fingerprint density at radius 1 is 0.739 bits per heavy atom. The van der Waals surface area contributed by atoms with Gasteiger partial charge in [-0.05, 0) is 30.9 Å². The van der Waals surface area contributed by atoms with Crippen molar-refractivity contribution in [1.29, 1.82) is 0 Å². The van der Waals surface area contributed by atoms with Gasteiger partial charge in [0.25, 0.3) is 0 Å². The summed E-state index contributed by atoms with van der Waals surface area (Å²) in [6.45, 7) is 4.59. The molecule has 0 radical (unpaired) electrons. The zero-order chi connectivity index (χ0) is 16.4. The molecule has 0 aliphatic carbocycles. The molecule has 0 heterocycles. The molecule has 2 aromatic carbocycles. The lowest BCUT2D eigenvalue weighted by Gasteiger charge is -2.27. The summed E-state index contributed by atoms with van der Waals surface area (Å²) in [6, 6.07) is 21.7. The molecule has 0 fully saturated rings. The van der Waals surface area contributed by atoms with E-state index in [1.54, 1.807) is 0 Å². The molecule has 2 rings (SSSR count). The third-order valence-electron chi connectivity index (χ3n) is 4.67. The van der Waals surface area contributed by atoms with Gasteiger partial charge in [-0.15, -0.1) is 0 Å². The van der Waals surface area contributed by atoms with Crippen LogP contribution in [0.2, 0.25) is 0 Å². The van der Waals surface area contributed by atoms with Gasteiger partial charge < -0.3 is 0 Å². The number of rotatable bonds is 9. The molecule has 122 valence electrons. The Morgan fingerprint density at radius 2 is 1.26 bits per heavy atom. The van der Waals surface area contributed by atoms with E-state index in [9.17, 15) is 0 Å². The highest BCUT2D eigenvalue weighted by Gasteiger charge is 2.25. The van der Waals surface area contributed by atoms with Crippen molar-refractivity contribution in [1.82, 2.24) is 0 Å². The van der Waals surface area contributed by atoms with Crippen LogP contribution < -0.4 is 0 Å². The highest BCUT2D eigenvalue weighted by molar-refractivity contribution is 5.43. The van der Waals surface area contributed by atoms with E-state index in [2.05, 4.69) is 86.7 Å². The number of hydrogen-bond donors (Lipinski definition) is 0. The van der Waals surface area contributed by atoms with Gasteiger partial charge in [0.1, 0.15) is 0 Å². The van der Waals surface area contributed by atoms with Crippen LogP contribution in [0.5, 0.6) is 0 Å². The summed E-state index contributed by atoms with van der Waals surface area (Å²) >= 11 is 0. The number of benzene rings is 2. The fourth-order valence-corrected chi connectivity index (χ4v) is 3.11. The Bertz CT molecular complexity index is 526. The topological polar surface area (TPSA) is 0 Å². The molecule has 0 unspecified atom stereocenters. The maximum atomic E-state index is 2.40. The molecular weight excluding hydrogens is 276 g/mol. The van der Waals surface area contributed by atoms with Gasteiger partial charge in [0, 0.05) is 5.41 Å². The van der Waals surface area contributed by atoms with Crippen LogP contribution in [0.1, 0.15) is 63.5 Å². The van der Waals surface area contributed by atoms with Crippen LogP contribution in [0.25, 0.3) is 0 Å². The van der Waals surface area contributed by atoms with Gasteiger partial charge in [0.05, 0.1) is 0 Å². The van der Waals surface area contributed by atoms with E-state index < -0.39 is 0 Å². The SMILES string of the molecule is CCCCCCCC=CC(C)(c1ccccc1)c1ccccc1. The summed E-state index contributed by atoms with van der Waals surface area (Å²) in [5.41, 5.74) is 2.66. The van der Waals surface area contributed by atoms with E-state index in [4.69, 9.17) is 0 Å². The second kappa shape index (κ2) is 9.35. The predicted molar refractivity (Wildman–Crippen MR) is 102 cm³/mol. The molecule has 0 amide bonds. The number of unbranched alkanes of at least 4 members (excludes halogenated alkanes) is 5. The minimum Gasteiger partial charge on any atom is -0.0873 e. The molecule has 0 saturated heterocycles. The Balaban J connectivity index is 2.09. The highest BCUT2D eigenvalue weighted by atomic mass is 14.3. The van der Waals surface area contributed by atoms with Crippen LogP contribution in [0, 0.1) is 0 Å². The van der Waals surface area contributed by atoms with Crippen molar-refractivity contribution >= 4 is 0 Å². The van der Waals surface area contributed by atoms with Gasteiger partial charge in [-0.3, -0.25) is 0 Å². The smallest absolute Gasteiger partial charge is 0.0353 e. The quantitative estimate of drug-likeness (QED) is 0.349. The predicted octanol–water partition coefficient (Wildman–Crippen LogP) is 6.91. The molecule has 2 aromatic rings. The van der Waals surface area contributed by atoms with Crippen molar-refractivity contribution in [3.63, 3.8) is 0 Å². The second-order valence-corrected chi connectivity index (χ2v) is 6.54. The van der Waals surface area contributed by atoms with E-state index in [-0.39, 0.29) is 5.41 Å². The van der Waals surface area contributed by atoms with Gasteiger partial charge in [0.2, 0.25) is 0 Å². The molecule has 0 saturated carbocycles. The van der Waals surface area contributed by atoms with Crippen LogP contribution in [-0.4, -0.2) is 0 Å². The Morgan fingerprint density at radius 3 is 1.78 bits per heavy atom. The molecule has 0 atom stereocenters. The van der Waals surface area contributed by atoms with E-state index >= 15 is 0 Å². The molecule has 0 aliphatic rings. The van der Waals surface area contributed by atoms with Gasteiger partial charge in [-0.25, -0.2) is 0 Å². The fraction of sp³-hybridized carbons (Fsp3) is 0.391. The van der Waals surface area contributed by atoms with Crippen molar-refractivity contribution in [2.45, 2.75) is 57.8 Å². The Kier molecular flexibility index (Phi) is 7.13. The van der Waals surface area contributed by atoms with E-state index in [0.29, 0.717) is 0 Å². The normalized spacial score (nSPS) is 11.9. The van der Waals surface area contributed by atoms with Crippen LogP contribution in [0.15, 0.2) is 72.8 Å². The maximum absolute atomic E-state index is 2.40. The summed E-state index contributed by atoms with van der Waals surface area (Å²) in [6.07, 6.45) is 12.7. The molecule has 0 aliphatic heterocycles.